The van der Waals surface area contributed by atoms with Gasteiger partial charge in [0.25, 0.3) is 0 Å². The van der Waals surface area contributed by atoms with Gasteiger partial charge in [-0.05, 0) is 12.0 Å². The average Bonchev–Trinajstić information content (AvgIpc) is 2.45. The van der Waals surface area contributed by atoms with Crippen LogP contribution < -0.4 is 0 Å². The second-order valence-electron chi connectivity index (χ2n) is 5.00. The molecule has 1 aliphatic rings. The lowest BCUT2D eigenvalue weighted by Crippen LogP contribution is -2.58. The van der Waals surface area contributed by atoms with Crippen LogP contribution in [0.2, 0.25) is 0 Å². The maximum atomic E-state index is 12.4. The fraction of sp³-hybridized carbons (Fsp3) is 0.467. The van der Waals surface area contributed by atoms with Crippen LogP contribution >= 0.6 is 12.6 Å². The van der Waals surface area contributed by atoms with Crippen molar-refractivity contribution in [1.29, 1.82) is 0 Å². The van der Waals surface area contributed by atoms with E-state index in [0.717, 1.165) is 5.56 Å². The zero-order valence-corrected chi connectivity index (χ0v) is 12.5. The molecule has 3 atom stereocenters. The van der Waals surface area contributed by atoms with Crippen LogP contribution in [-0.2, 0) is 14.3 Å². The maximum Gasteiger partial charge on any atom is 0.328 e. The summed E-state index contributed by atoms with van der Waals surface area (Å²) in [5.41, 5.74) is 1.07. The number of benzene rings is 1. The van der Waals surface area contributed by atoms with Crippen molar-refractivity contribution >= 4 is 24.5 Å². The van der Waals surface area contributed by atoms with Gasteiger partial charge >= 0.3 is 5.97 Å². The third kappa shape index (κ3) is 2.82. The number of carbonyl (C=O) groups is 2. The van der Waals surface area contributed by atoms with E-state index in [2.05, 4.69) is 12.6 Å². The molecule has 1 saturated heterocycles. The number of methoxy groups -OCH3 is 1. The monoisotopic (exact) mass is 293 g/mol. The van der Waals surface area contributed by atoms with E-state index in [4.69, 9.17) is 4.74 Å². The fourth-order valence-corrected chi connectivity index (χ4v) is 2.68. The minimum Gasteiger partial charge on any atom is -0.467 e. The average molecular weight is 293 g/mol. The van der Waals surface area contributed by atoms with Gasteiger partial charge in [-0.3, -0.25) is 4.79 Å². The Kier molecular flexibility index (Phi) is 4.70. The van der Waals surface area contributed by atoms with Crippen LogP contribution in [0.25, 0.3) is 0 Å². The zero-order valence-electron chi connectivity index (χ0n) is 11.7. The Balaban J connectivity index is 2.04. The molecule has 4 nitrogen and oxygen atoms in total. The highest BCUT2D eigenvalue weighted by atomic mass is 32.1. The van der Waals surface area contributed by atoms with E-state index in [9.17, 15) is 9.59 Å². The lowest BCUT2D eigenvalue weighted by Gasteiger charge is -2.40. The summed E-state index contributed by atoms with van der Waals surface area (Å²) in [5.74, 6) is -0.463. The third-order valence-corrected chi connectivity index (χ3v) is 4.50. The fourth-order valence-electron chi connectivity index (χ4n) is 2.35. The van der Waals surface area contributed by atoms with Gasteiger partial charge in [-0.15, -0.1) is 0 Å². The number of likely N-dealkylation sites (tertiary alicyclic amines) is 1. The van der Waals surface area contributed by atoms with Crippen molar-refractivity contribution in [2.45, 2.75) is 30.6 Å². The number of nitrogens with zero attached hydrogens (tertiary/aromatic N) is 1. The number of esters is 1. The number of thiol groups is 1. The van der Waals surface area contributed by atoms with Crippen molar-refractivity contribution in [3.05, 3.63) is 35.9 Å². The minimum absolute atomic E-state index is 0.00840. The minimum atomic E-state index is -0.454. The van der Waals surface area contributed by atoms with E-state index >= 15 is 0 Å². The van der Waals surface area contributed by atoms with Crippen molar-refractivity contribution in [2.24, 2.45) is 0 Å². The first-order chi connectivity index (χ1) is 9.56. The summed E-state index contributed by atoms with van der Waals surface area (Å²) in [6.45, 7) is 2.56. The Bertz CT molecular complexity index is 491. The summed E-state index contributed by atoms with van der Waals surface area (Å²) in [6.07, 6.45) is 0.665. The molecular weight excluding hydrogens is 274 g/mol. The molecule has 1 fully saturated rings. The van der Waals surface area contributed by atoms with Gasteiger partial charge < -0.3 is 9.64 Å². The second-order valence-corrected chi connectivity index (χ2v) is 5.56. The summed E-state index contributed by atoms with van der Waals surface area (Å²) in [5, 5.41) is -0.454. The van der Waals surface area contributed by atoms with E-state index in [1.807, 2.05) is 37.3 Å². The van der Waals surface area contributed by atoms with Crippen molar-refractivity contribution < 1.29 is 14.3 Å². The van der Waals surface area contributed by atoms with Gasteiger partial charge in [0, 0.05) is 12.5 Å². The van der Waals surface area contributed by atoms with E-state index in [1.165, 1.54) is 7.11 Å². The van der Waals surface area contributed by atoms with Gasteiger partial charge in [-0.25, -0.2) is 4.79 Å². The molecule has 0 radical (unpaired) electrons. The molecular formula is C15H19NO3S. The van der Waals surface area contributed by atoms with E-state index < -0.39 is 11.3 Å². The molecule has 0 N–H and O–H groups in total. The van der Waals surface area contributed by atoms with E-state index in [1.54, 1.807) is 4.90 Å². The summed E-state index contributed by atoms with van der Waals surface area (Å²) >= 11 is 4.45. The standard InChI is InChI=1S/C15H19NO3S/c1-10(11-6-4-3-5-7-11)13(20)14(17)16-9-8-12(16)15(18)19-2/h3-7,10,12-13,20H,8-9H2,1-2H3. The van der Waals surface area contributed by atoms with Crippen LogP contribution in [0.3, 0.4) is 0 Å². The van der Waals surface area contributed by atoms with Gasteiger partial charge in [-0.1, -0.05) is 37.3 Å². The summed E-state index contributed by atoms with van der Waals surface area (Å²) in [7, 11) is 1.34. The molecule has 1 aliphatic heterocycles. The number of hydrogen-bond acceptors (Lipinski definition) is 4. The highest BCUT2D eigenvalue weighted by Crippen LogP contribution is 2.28. The number of ether oxygens (including phenoxy) is 1. The number of hydrogen-bond donors (Lipinski definition) is 1. The summed E-state index contributed by atoms with van der Waals surface area (Å²) in [6, 6.07) is 9.35. The van der Waals surface area contributed by atoms with Crippen LogP contribution in [0.1, 0.15) is 24.8 Å². The molecule has 0 aromatic heterocycles. The Morgan fingerprint density at radius 3 is 2.50 bits per heavy atom. The topological polar surface area (TPSA) is 46.6 Å². The van der Waals surface area contributed by atoms with Crippen molar-refractivity contribution in [1.82, 2.24) is 4.90 Å². The second kappa shape index (κ2) is 6.31. The lowest BCUT2D eigenvalue weighted by atomic mass is 9.94. The predicted octanol–water partition coefficient (Wildman–Crippen LogP) is 1.86. The SMILES string of the molecule is COC(=O)C1CCN1C(=O)C(S)C(C)c1ccccc1. The van der Waals surface area contributed by atoms with Crippen LogP contribution in [-0.4, -0.2) is 41.7 Å². The van der Waals surface area contributed by atoms with Crippen molar-refractivity contribution in [3.8, 4) is 0 Å². The predicted molar refractivity (Wildman–Crippen MR) is 79.8 cm³/mol. The molecule has 2 rings (SSSR count). The molecule has 0 aliphatic carbocycles. The normalized spacial score (nSPS) is 20.8. The largest absolute Gasteiger partial charge is 0.467 e. The van der Waals surface area contributed by atoms with Gasteiger partial charge in [0.05, 0.1) is 12.4 Å². The molecule has 0 saturated carbocycles. The smallest absolute Gasteiger partial charge is 0.328 e. The number of carbonyl (C=O) groups excluding carboxylic acids is 2. The van der Waals surface area contributed by atoms with Crippen molar-refractivity contribution in [3.63, 3.8) is 0 Å². The molecule has 1 aromatic rings. The first kappa shape index (κ1) is 14.9. The lowest BCUT2D eigenvalue weighted by molar-refractivity contribution is -0.159. The Hall–Kier alpha value is -1.49. The van der Waals surface area contributed by atoms with E-state index in [0.29, 0.717) is 13.0 Å². The molecule has 5 heteroatoms. The molecule has 1 heterocycles. The van der Waals surface area contributed by atoms with Crippen LogP contribution in [0.4, 0.5) is 0 Å². The van der Waals surface area contributed by atoms with Gasteiger partial charge in [-0.2, -0.15) is 12.6 Å². The molecule has 1 aromatic carbocycles. The Morgan fingerprint density at radius 2 is 2.00 bits per heavy atom. The quantitative estimate of drug-likeness (QED) is 0.681. The molecule has 3 unspecified atom stereocenters. The van der Waals surface area contributed by atoms with Gasteiger partial charge in [0.15, 0.2) is 0 Å². The number of rotatable bonds is 4. The number of amides is 1. The Labute approximate surface area is 124 Å². The first-order valence-corrected chi connectivity index (χ1v) is 7.19. The maximum absolute atomic E-state index is 12.4. The van der Waals surface area contributed by atoms with Gasteiger partial charge in [0.2, 0.25) is 5.91 Å². The van der Waals surface area contributed by atoms with E-state index in [-0.39, 0.29) is 17.8 Å². The highest BCUT2D eigenvalue weighted by molar-refractivity contribution is 7.81. The molecule has 0 spiro atoms. The molecule has 108 valence electrons. The van der Waals surface area contributed by atoms with Crippen molar-refractivity contribution in [2.75, 3.05) is 13.7 Å². The van der Waals surface area contributed by atoms with Gasteiger partial charge in [0.1, 0.15) is 6.04 Å². The van der Waals surface area contributed by atoms with Crippen LogP contribution in [0.5, 0.6) is 0 Å². The highest BCUT2D eigenvalue weighted by Gasteiger charge is 2.41. The summed E-state index contributed by atoms with van der Waals surface area (Å²) < 4.78 is 4.70. The summed E-state index contributed by atoms with van der Waals surface area (Å²) in [4.78, 5) is 25.5. The molecule has 0 bridgehead atoms. The first-order valence-electron chi connectivity index (χ1n) is 6.67. The zero-order chi connectivity index (χ0) is 14.7. The third-order valence-electron chi connectivity index (χ3n) is 3.83. The van der Waals surface area contributed by atoms with Crippen LogP contribution in [0.15, 0.2) is 30.3 Å². The Morgan fingerprint density at radius 1 is 1.35 bits per heavy atom. The molecule has 1 amide bonds. The van der Waals surface area contributed by atoms with Crippen LogP contribution in [0, 0.1) is 0 Å². The molecule has 20 heavy (non-hydrogen) atoms.